The van der Waals surface area contributed by atoms with Crippen LogP contribution < -0.4 is 4.74 Å². The summed E-state index contributed by atoms with van der Waals surface area (Å²) in [6.45, 7) is 7.49. The van der Waals surface area contributed by atoms with Crippen LogP contribution in [-0.2, 0) is 6.61 Å². The van der Waals surface area contributed by atoms with Crippen LogP contribution in [0.3, 0.4) is 0 Å². The Balaban J connectivity index is 1.88. The first-order chi connectivity index (χ1) is 10.7. The molecule has 1 fully saturated rings. The molecule has 0 amide bonds. The molecule has 1 atom stereocenters. The Hall–Kier alpha value is -1.76. The van der Waals surface area contributed by atoms with E-state index in [-0.39, 0.29) is 0 Å². The van der Waals surface area contributed by atoms with E-state index in [0.717, 1.165) is 11.7 Å². The molecule has 22 heavy (non-hydrogen) atoms. The number of hydrogen-bond acceptors (Lipinski definition) is 1. The van der Waals surface area contributed by atoms with Crippen LogP contribution in [-0.4, -0.2) is 0 Å². The van der Waals surface area contributed by atoms with E-state index in [9.17, 15) is 0 Å². The highest BCUT2D eigenvalue weighted by atomic mass is 16.5. The molecule has 0 bridgehead atoms. The highest BCUT2D eigenvalue weighted by Gasteiger charge is 2.31. The molecule has 0 radical (unpaired) electrons. The smallest absolute Gasteiger partial charge is 0.126 e. The van der Waals surface area contributed by atoms with Crippen LogP contribution in [0.4, 0.5) is 0 Å². The highest BCUT2D eigenvalue weighted by Crippen LogP contribution is 2.46. The molecule has 0 saturated heterocycles. The molecule has 2 aromatic rings. The summed E-state index contributed by atoms with van der Waals surface area (Å²) in [4.78, 5) is 0. The number of rotatable bonds is 6. The SMILES string of the molecule is CC(C)c1cccc(C(C)C2CC2)c1OCc1ccccc1. The lowest BCUT2D eigenvalue weighted by molar-refractivity contribution is 0.296. The fraction of sp³-hybridized carbons (Fsp3) is 0.429. The molecule has 0 N–H and O–H groups in total. The van der Waals surface area contributed by atoms with E-state index in [4.69, 9.17) is 4.74 Å². The van der Waals surface area contributed by atoms with Crippen LogP contribution in [0.2, 0.25) is 0 Å². The topological polar surface area (TPSA) is 9.23 Å². The van der Waals surface area contributed by atoms with Crippen molar-refractivity contribution in [2.24, 2.45) is 5.92 Å². The van der Waals surface area contributed by atoms with Crippen molar-refractivity contribution in [1.82, 2.24) is 0 Å². The molecule has 0 heterocycles. The zero-order chi connectivity index (χ0) is 15.5. The average Bonchev–Trinajstić information content (AvgIpc) is 3.37. The van der Waals surface area contributed by atoms with Gasteiger partial charge in [-0.3, -0.25) is 0 Å². The average molecular weight is 294 g/mol. The third-order valence-electron chi connectivity index (χ3n) is 4.74. The second-order valence-corrected chi connectivity index (χ2v) is 6.82. The maximum Gasteiger partial charge on any atom is 0.126 e. The molecular formula is C21H26O. The van der Waals surface area contributed by atoms with Gasteiger partial charge in [0, 0.05) is 0 Å². The summed E-state index contributed by atoms with van der Waals surface area (Å²) in [6, 6.07) is 17.1. The van der Waals surface area contributed by atoms with E-state index in [1.54, 1.807) is 0 Å². The van der Waals surface area contributed by atoms with Gasteiger partial charge in [0.05, 0.1) is 0 Å². The number of benzene rings is 2. The molecule has 3 rings (SSSR count). The maximum atomic E-state index is 6.31. The van der Waals surface area contributed by atoms with Crippen LogP contribution in [0.1, 0.15) is 62.1 Å². The molecule has 1 aliphatic rings. The van der Waals surface area contributed by atoms with Crippen molar-refractivity contribution < 1.29 is 4.74 Å². The largest absolute Gasteiger partial charge is 0.488 e. The summed E-state index contributed by atoms with van der Waals surface area (Å²) in [7, 11) is 0. The van der Waals surface area contributed by atoms with E-state index in [1.165, 1.54) is 29.5 Å². The predicted octanol–water partition coefficient (Wildman–Crippen LogP) is 5.90. The Morgan fingerprint density at radius 3 is 2.23 bits per heavy atom. The van der Waals surface area contributed by atoms with Crippen molar-refractivity contribution >= 4 is 0 Å². The molecular weight excluding hydrogens is 268 g/mol. The fourth-order valence-electron chi connectivity index (χ4n) is 3.13. The molecule has 1 aliphatic carbocycles. The minimum Gasteiger partial charge on any atom is -0.488 e. The van der Waals surface area contributed by atoms with Gasteiger partial charge in [0.2, 0.25) is 0 Å². The summed E-state index contributed by atoms with van der Waals surface area (Å²) < 4.78 is 6.31. The minimum absolute atomic E-state index is 0.483. The molecule has 0 aliphatic heterocycles. The monoisotopic (exact) mass is 294 g/mol. The van der Waals surface area contributed by atoms with E-state index in [1.807, 2.05) is 6.07 Å². The first-order valence-electron chi connectivity index (χ1n) is 8.46. The van der Waals surface area contributed by atoms with E-state index < -0.39 is 0 Å². The summed E-state index contributed by atoms with van der Waals surface area (Å²) in [6.07, 6.45) is 2.73. The van der Waals surface area contributed by atoms with Gasteiger partial charge in [-0.2, -0.15) is 0 Å². The number of para-hydroxylation sites is 1. The second kappa shape index (κ2) is 6.56. The van der Waals surface area contributed by atoms with Gasteiger partial charge in [0.25, 0.3) is 0 Å². The van der Waals surface area contributed by atoms with Gasteiger partial charge < -0.3 is 4.74 Å². The van der Waals surface area contributed by atoms with E-state index in [0.29, 0.717) is 18.4 Å². The minimum atomic E-state index is 0.483. The van der Waals surface area contributed by atoms with E-state index >= 15 is 0 Å². The molecule has 1 unspecified atom stereocenters. The Bertz CT molecular complexity index is 611. The Morgan fingerprint density at radius 1 is 0.909 bits per heavy atom. The zero-order valence-corrected chi connectivity index (χ0v) is 13.9. The van der Waals surface area contributed by atoms with Gasteiger partial charge in [-0.05, 0) is 47.3 Å². The third kappa shape index (κ3) is 3.35. The van der Waals surface area contributed by atoms with Gasteiger partial charge in [-0.25, -0.2) is 0 Å². The van der Waals surface area contributed by atoms with Crippen LogP contribution in [0.15, 0.2) is 48.5 Å². The molecule has 0 aromatic heterocycles. The summed E-state index contributed by atoms with van der Waals surface area (Å²) in [5, 5.41) is 0. The molecule has 2 aromatic carbocycles. The van der Waals surface area contributed by atoms with Crippen molar-refractivity contribution in [3.8, 4) is 5.75 Å². The van der Waals surface area contributed by atoms with Crippen molar-refractivity contribution in [3.63, 3.8) is 0 Å². The lowest BCUT2D eigenvalue weighted by Gasteiger charge is -2.21. The van der Waals surface area contributed by atoms with Gasteiger partial charge in [0.1, 0.15) is 12.4 Å². The van der Waals surface area contributed by atoms with Crippen molar-refractivity contribution in [3.05, 3.63) is 65.2 Å². The van der Waals surface area contributed by atoms with Gasteiger partial charge in [0.15, 0.2) is 0 Å². The lowest BCUT2D eigenvalue weighted by Crippen LogP contribution is -2.06. The van der Waals surface area contributed by atoms with E-state index in [2.05, 4.69) is 63.2 Å². The molecule has 116 valence electrons. The summed E-state index contributed by atoms with van der Waals surface area (Å²) in [5.41, 5.74) is 3.96. The Kier molecular flexibility index (Phi) is 4.52. The van der Waals surface area contributed by atoms with Crippen LogP contribution >= 0.6 is 0 Å². The Labute approximate surface area is 134 Å². The summed E-state index contributed by atoms with van der Waals surface area (Å²) >= 11 is 0. The first kappa shape index (κ1) is 15.1. The van der Waals surface area contributed by atoms with Crippen molar-refractivity contribution in [2.45, 2.75) is 52.1 Å². The predicted molar refractivity (Wildman–Crippen MR) is 92.4 cm³/mol. The molecule has 0 spiro atoms. The van der Waals surface area contributed by atoms with Gasteiger partial charge in [-0.15, -0.1) is 0 Å². The van der Waals surface area contributed by atoms with Crippen molar-refractivity contribution in [1.29, 1.82) is 0 Å². The second-order valence-electron chi connectivity index (χ2n) is 6.82. The van der Waals surface area contributed by atoms with Crippen LogP contribution in [0.5, 0.6) is 5.75 Å². The van der Waals surface area contributed by atoms with Crippen molar-refractivity contribution in [2.75, 3.05) is 0 Å². The third-order valence-corrected chi connectivity index (χ3v) is 4.74. The lowest BCUT2D eigenvalue weighted by atomic mass is 9.90. The molecule has 1 saturated carbocycles. The standard InChI is InChI=1S/C21H26O/c1-15(2)19-10-7-11-20(16(3)18-12-13-18)21(19)22-14-17-8-5-4-6-9-17/h4-11,15-16,18H,12-14H2,1-3H3. The fourth-order valence-corrected chi connectivity index (χ4v) is 3.13. The van der Waals surface area contributed by atoms with Gasteiger partial charge in [-0.1, -0.05) is 69.3 Å². The highest BCUT2D eigenvalue weighted by molar-refractivity contribution is 5.45. The van der Waals surface area contributed by atoms with Crippen LogP contribution in [0, 0.1) is 5.92 Å². The van der Waals surface area contributed by atoms with Gasteiger partial charge >= 0.3 is 0 Å². The normalized spacial score (nSPS) is 15.8. The quantitative estimate of drug-likeness (QED) is 0.644. The van der Waals surface area contributed by atoms with Crippen LogP contribution in [0.25, 0.3) is 0 Å². The molecule has 1 nitrogen and oxygen atoms in total. The molecule has 1 heteroatoms. The maximum absolute atomic E-state index is 6.31. The Morgan fingerprint density at radius 2 is 1.59 bits per heavy atom. The number of ether oxygens (including phenoxy) is 1. The number of hydrogen-bond donors (Lipinski definition) is 0. The zero-order valence-electron chi connectivity index (χ0n) is 13.9. The summed E-state index contributed by atoms with van der Waals surface area (Å²) in [5.74, 6) is 3.06. The first-order valence-corrected chi connectivity index (χ1v) is 8.46.